The van der Waals surface area contributed by atoms with Crippen LogP contribution in [0.15, 0.2) is 23.3 Å². The van der Waals surface area contributed by atoms with Crippen LogP contribution in [0.5, 0.6) is 0 Å². The fraction of sp³-hybridized carbons (Fsp3) is 0.727. The Kier molecular flexibility index (Phi) is 7.54. The molecule has 0 radical (unpaired) electrons. The van der Waals surface area contributed by atoms with Gasteiger partial charge in [-0.25, -0.2) is 9.98 Å². The molecule has 2 saturated heterocycles. The maximum absolute atomic E-state index is 4.91. The lowest BCUT2D eigenvalue weighted by Crippen LogP contribution is -2.48. The van der Waals surface area contributed by atoms with Crippen molar-refractivity contribution in [2.45, 2.75) is 40.7 Å². The van der Waals surface area contributed by atoms with Gasteiger partial charge in [-0.3, -0.25) is 0 Å². The van der Waals surface area contributed by atoms with E-state index in [0.717, 1.165) is 76.0 Å². The number of piperidine rings is 1. The molecule has 28 heavy (non-hydrogen) atoms. The number of rotatable bonds is 5. The van der Waals surface area contributed by atoms with Gasteiger partial charge in [-0.1, -0.05) is 26.8 Å². The smallest absolute Gasteiger partial charge is 0.194 e. The molecule has 1 N–H and O–H groups in total. The second-order valence-electron chi connectivity index (χ2n) is 8.47. The van der Waals surface area contributed by atoms with Gasteiger partial charge in [-0.15, -0.1) is 0 Å². The number of hydrogen-bond acceptors (Lipinski definition) is 4. The Labute approximate surface area is 171 Å². The van der Waals surface area contributed by atoms with E-state index in [0.29, 0.717) is 6.54 Å². The van der Waals surface area contributed by atoms with Crippen molar-refractivity contribution < 1.29 is 0 Å². The normalized spacial score (nSPS) is 24.5. The van der Waals surface area contributed by atoms with Gasteiger partial charge in [-0.05, 0) is 43.4 Å². The van der Waals surface area contributed by atoms with Crippen LogP contribution >= 0.6 is 0 Å². The molecule has 2 fully saturated rings. The van der Waals surface area contributed by atoms with Crippen LogP contribution in [0.25, 0.3) is 0 Å². The first-order valence-corrected chi connectivity index (χ1v) is 11.0. The summed E-state index contributed by atoms with van der Waals surface area (Å²) >= 11 is 0. The van der Waals surface area contributed by atoms with E-state index in [-0.39, 0.29) is 0 Å². The number of nitrogens with zero attached hydrogens (tertiary/aromatic N) is 5. The molecule has 0 spiro atoms. The summed E-state index contributed by atoms with van der Waals surface area (Å²) in [5, 5.41) is 3.48. The van der Waals surface area contributed by atoms with Crippen LogP contribution in [0, 0.1) is 11.8 Å². The minimum absolute atomic E-state index is 0.679. The summed E-state index contributed by atoms with van der Waals surface area (Å²) in [6.07, 6.45) is 3.31. The first-order valence-electron chi connectivity index (χ1n) is 11.0. The van der Waals surface area contributed by atoms with E-state index in [4.69, 9.17) is 9.98 Å². The third-order valence-electron chi connectivity index (χ3n) is 5.87. The standard InChI is InChI=1S/C22H38N6/c1-5-23-22(28-16-18(3)13-19(4)17-28)25-15-20-7-8-21(24-14-20)27-11-9-26(6-2)10-12-27/h7-8,14,18-19H,5-6,9-13,15-17H2,1-4H3,(H,23,25). The summed E-state index contributed by atoms with van der Waals surface area (Å²) in [4.78, 5) is 16.9. The van der Waals surface area contributed by atoms with Crippen LogP contribution in [0.2, 0.25) is 0 Å². The number of pyridine rings is 1. The van der Waals surface area contributed by atoms with E-state index in [2.05, 4.69) is 59.8 Å². The van der Waals surface area contributed by atoms with Crippen molar-refractivity contribution in [3.8, 4) is 0 Å². The predicted molar refractivity (Wildman–Crippen MR) is 118 cm³/mol. The quantitative estimate of drug-likeness (QED) is 0.623. The molecule has 1 aromatic heterocycles. The van der Waals surface area contributed by atoms with Gasteiger partial charge >= 0.3 is 0 Å². The molecule has 0 aliphatic carbocycles. The van der Waals surface area contributed by atoms with Crippen LogP contribution in [0.4, 0.5) is 5.82 Å². The molecule has 2 aliphatic heterocycles. The predicted octanol–water partition coefficient (Wildman–Crippen LogP) is 2.67. The second-order valence-corrected chi connectivity index (χ2v) is 8.47. The Bertz CT molecular complexity index is 610. The largest absolute Gasteiger partial charge is 0.357 e. The third-order valence-corrected chi connectivity index (χ3v) is 5.87. The molecule has 3 heterocycles. The minimum Gasteiger partial charge on any atom is -0.357 e. The van der Waals surface area contributed by atoms with Crippen LogP contribution in [0.1, 0.15) is 39.7 Å². The van der Waals surface area contributed by atoms with Gasteiger partial charge in [0.2, 0.25) is 0 Å². The van der Waals surface area contributed by atoms with Crippen molar-refractivity contribution in [1.82, 2.24) is 20.1 Å². The molecule has 3 rings (SSSR count). The number of guanidine groups is 1. The monoisotopic (exact) mass is 386 g/mol. The van der Waals surface area contributed by atoms with Crippen molar-refractivity contribution in [2.24, 2.45) is 16.8 Å². The Morgan fingerprint density at radius 1 is 1.11 bits per heavy atom. The maximum Gasteiger partial charge on any atom is 0.194 e. The molecule has 2 unspecified atom stereocenters. The lowest BCUT2D eigenvalue weighted by molar-refractivity contribution is 0.208. The summed E-state index contributed by atoms with van der Waals surface area (Å²) < 4.78 is 0. The summed E-state index contributed by atoms with van der Waals surface area (Å²) in [7, 11) is 0. The van der Waals surface area contributed by atoms with Crippen molar-refractivity contribution >= 4 is 11.8 Å². The Morgan fingerprint density at radius 2 is 1.82 bits per heavy atom. The summed E-state index contributed by atoms with van der Waals surface area (Å²) in [5.74, 6) is 3.58. The number of nitrogens with one attached hydrogen (secondary N) is 1. The number of anilines is 1. The topological polar surface area (TPSA) is 47.0 Å². The van der Waals surface area contributed by atoms with Gasteiger partial charge in [0.05, 0.1) is 6.54 Å². The van der Waals surface area contributed by atoms with E-state index in [9.17, 15) is 0 Å². The molecular formula is C22H38N6. The molecule has 156 valence electrons. The average molecular weight is 387 g/mol. The molecule has 0 amide bonds. The van der Waals surface area contributed by atoms with Crippen LogP contribution in [-0.2, 0) is 6.54 Å². The zero-order valence-electron chi connectivity index (χ0n) is 18.2. The van der Waals surface area contributed by atoms with E-state index < -0.39 is 0 Å². The van der Waals surface area contributed by atoms with E-state index in [1.54, 1.807) is 0 Å². The SMILES string of the molecule is CCNC(=NCc1ccc(N2CCN(CC)CC2)nc1)N1CC(C)CC(C)C1. The fourth-order valence-corrected chi connectivity index (χ4v) is 4.42. The average Bonchev–Trinajstić information content (AvgIpc) is 2.71. The fourth-order valence-electron chi connectivity index (χ4n) is 4.42. The highest BCUT2D eigenvalue weighted by atomic mass is 15.3. The van der Waals surface area contributed by atoms with Crippen molar-refractivity contribution in [2.75, 3.05) is 57.3 Å². The number of aliphatic imine (C=N–C) groups is 1. The highest BCUT2D eigenvalue weighted by Crippen LogP contribution is 2.21. The first-order chi connectivity index (χ1) is 13.6. The third kappa shape index (κ3) is 5.60. The molecule has 1 aromatic rings. The Balaban J connectivity index is 1.60. The van der Waals surface area contributed by atoms with Gasteiger partial charge < -0.3 is 20.0 Å². The molecule has 0 aromatic carbocycles. The summed E-state index contributed by atoms with van der Waals surface area (Å²) in [6.45, 7) is 18.3. The maximum atomic E-state index is 4.91. The van der Waals surface area contributed by atoms with Crippen LogP contribution in [0.3, 0.4) is 0 Å². The lowest BCUT2D eigenvalue weighted by atomic mass is 9.92. The van der Waals surface area contributed by atoms with E-state index >= 15 is 0 Å². The van der Waals surface area contributed by atoms with Gasteiger partial charge in [-0.2, -0.15) is 0 Å². The zero-order valence-corrected chi connectivity index (χ0v) is 18.2. The lowest BCUT2D eigenvalue weighted by Gasteiger charge is -2.37. The van der Waals surface area contributed by atoms with Gasteiger partial charge in [0.25, 0.3) is 0 Å². The van der Waals surface area contributed by atoms with Crippen molar-refractivity contribution in [3.63, 3.8) is 0 Å². The summed E-state index contributed by atoms with van der Waals surface area (Å²) in [6, 6.07) is 4.34. The highest BCUT2D eigenvalue weighted by Gasteiger charge is 2.24. The van der Waals surface area contributed by atoms with Crippen LogP contribution < -0.4 is 10.2 Å². The minimum atomic E-state index is 0.679. The molecule has 2 atom stereocenters. The Hall–Kier alpha value is -1.82. The van der Waals surface area contributed by atoms with Gasteiger partial charge in [0.1, 0.15) is 5.82 Å². The van der Waals surface area contributed by atoms with E-state index in [1.807, 2.05) is 6.20 Å². The molecule has 0 saturated carbocycles. The van der Waals surface area contributed by atoms with E-state index in [1.165, 1.54) is 12.0 Å². The number of aromatic nitrogens is 1. The first kappa shape index (κ1) is 20.9. The zero-order chi connectivity index (χ0) is 19.9. The number of piperazine rings is 1. The number of likely N-dealkylation sites (tertiary alicyclic amines) is 1. The molecule has 0 bridgehead atoms. The molecular weight excluding hydrogens is 348 g/mol. The number of likely N-dealkylation sites (N-methyl/N-ethyl adjacent to an activating group) is 1. The highest BCUT2D eigenvalue weighted by molar-refractivity contribution is 5.80. The van der Waals surface area contributed by atoms with Crippen LogP contribution in [-0.4, -0.2) is 73.1 Å². The molecule has 6 heteroatoms. The van der Waals surface area contributed by atoms with Gasteiger partial charge in [0, 0.05) is 52.0 Å². The van der Waals surface area contributed by atoms with Crippen molar-refractivity contribution in [3.05, 3.63) is 23.9 Å². The van der Waals surface area contributed by atoms with Crippen molar-refractivity contribution in [1.29, 1.82) is 0 Å². The Morgan fingerprint density at radius 3 is 2.39 bits per heavy atom. The summed E-state index contributed by atoms with van der Waals surface area (Å²) in [5.41, 5.74) is 1.17. The number of hydrogen-bond donors (Lipinski definition) is 1. The molecule has 6 nitrogen and oxygen atoms in total. The molecule has 2 aliphatic rings. The second kappa shape index (κ2) is 10.1. The van der Waals surface area contributed by atoms with Gasteiger partial charge in [0.15, 0.2) is 5.96 Å².